The van der Waals surface area contributed by atoms with Crippen LogP contribution in [0.15, 0.2) is 72.9 Å². The molecule has 0 unspecified atom stereocenters. The Kier molecular flexibility index (Phi) is 5.51. The number of benzene rings is 2. The number of likely N-dealkylation sites (tertiary alicyclic amines) is 1. The average molecular weight is 431 g/mol. The van der Waals surface area contributed by atoms with Crippen molar-refractivity contribution in [2.24, 2.45) is 0 Å². The Balaban J connectivity index is 1.41. The molecule has 3 heterocycles. The summed E-state index contributed by atoms with van der Waals surface area (Å²) in [5, 5.41) is 13.2. The third-order valence-corrected chi connectivity index (χ3v) is 6.48. The Morgan fingerprint density at radius 2 is 1.91 bits per heavy atom. The molecule has 0 aliphatic carbocycles. The van der Waals surface area contributed by atoms with Crippen LogP contribution in [-0.4, -0.2) is 53.4 Å². The lowest BCUT2D eigenvalue weighted by atomic mass is 9.72. The molecule has 1 saturated heterocycles. The number of para-hydroxylation sites is 1. The third kappa shape index (κ3) is 3.59. The van der Waals surface area contributed by atoms with Crippen molar-refractivity contribution in [3.63, 3.8) is 0 Å². The topological polar surface area (TPSA) is 77.9 Å². The number of carbonyl (C=O) groups is 1. The molecule has 0 saturated carbocycles. The number of hydrogen-bond acceptors (Lipinski definition) is 5. The Morgan fingerprint density at radius 1 is 1.12 bits per heavy atom. The summed E-state index contributed by atoms with van der Waals surface area (Å²) in [5.41, 5.74) is 3.67. The second-order valence-corrected chi connectivity index (χ2v) is 8.16. The summed E-state index contributed by atoms with van der Waals surface area (Å²) in [7, 11) is 1.61. The number of rotatable bonds is 5. The van der Waals surface area contributed by atoms with E-state index in [1.54, 1.807) is 18.2 Å². The molecular weight excluding hydrogens is 404 g/mol. The first-order valence-corrected chi connectivity index (χ1v) is 10.8. The summed E-state index contributed by atoms with van der Waals surface area (Å²) in [5.74, 6) is 0.925. The second kappa shape index (κ2) is 8.61. The largest absolute Gasteiger partial charge is 0.497 e. The predicted octanol–water partition coefficient (Wildman–Crippen LogP) is 3.47. The summed E-state index contributed by atoms with van der Waals surface area (Å²) >= 11 is 0. The third-order valence-electron chi connectivity index (χ3n) is 6.48. The number of aliphatic hydroxyl groups is 1. The molecule has 2 aliphatic rings. The van der Waals surface area contributed by atoms with Crippen LogP contribution in [0.3, 0.4) is 0 Å². The summed E-state index contributed by atoms with van der Waals surface area (Å²) in [6, 6.07) is 21.1. The van der Waals surface area contributed by atoms with Gasteiger partial charge >= 0.3 is 6.03 Å². The molecule has 1 aromatic heterocycles. The molecular formula is C25H26N4O3. The number of ether oxygens (including phenoxy) is 1. The van der Waals surface area contributed by atoms with Gasteiger partial charge in [0.05, 0.1) is 19.4 Å². The maximum absolute atomic E-state index is 13.3. The zero-order chi connectivity index (χ0) is 22.1. The van der Waals surface area contributed by atoms with Crippen molar-refractivity contribution in [1.82, 2.24) is 9.88 Å². The van der Waals surface area contributed by atoms with E-state index >= 15 is 0 Å². The van der Waals surface area contributed by atoms with Gasteiger partial charge in [0.15, 0.2) is 0 Å². The monoisotopic (exact) mass is 430 g/mol. The molecule has 32 heavy (non-hydrogen) atoms. The highest BCUT2D eigenvalue weighted by atomic mass is 16.5. The maximum Gasteiger partial charge on any atom is 0.326 e. The van der Waals surface area contributed by atoms with Crippen LogP contribution in [0.4, 0.5) is 16.2 Å². The van der Waals surface area contributed by atoms with Crippen LogP contribution < -0.4 is 15.0 Å². The molecule has 7 nitrogen and oxygen atoms in total. The van der Waals surface area contributed by atoms with Crippen molar-refractivity contribution in [3.05, 3.63) is 84.2 Å². The SMILES string of the molecule is COc1ccc(NC(=O)N2C[C@@H]3[C@H](c4ccccc42)[C@H](CO)N3Cc2ccccn2)cc1. The number of nitrogens with zero attached hydrogens (tertiary/aromatic N) is 3. The summed E-state index contributed by atoms with van der Waals surface area (Å²) in [4.78, 5) is 21.8. The van der Waals surface area contributed by atoms with E-state index in [-0.39, 0.29) is 30.6 Å². The van der Waals surface area contributed by atoms with E-state index in [4.69, 9.17) is 4.74 Å². The van der Waals surface area contributed by atoms with E-state index in [1.807, 2.05) is 60.7 Å². The van der Waals surface area contributed by atoms with Crippen molar-refractivity contribution in [2.45, 2.75) is 24.5 Å². The molecule has 2 aromatic carbocycles. The normalized spacial score (nSPS) is 21.8. The fourth-order valence-electron chi connectivity index (χ4n) is 4.94. The van der Waals surface area contributed by atoms with Gasteiger partial charge in [0.1, 0.15) is 5.75 Å². The molecule has 3 aromatic rings. The molecule has 2 aliphatic heterocycles. The first-order chi connectivity index (χ1) is 15.7. The van der Waals surface area contributed by atoms with E-state index in [9.17, 15) is 9.90 Å². The number of aromatic nitrogens is 1. The minimum Gasteiger partial charge on any atom is -0.497 e. The van der Waals surface area contributed by atoms with E-state index in [0.717, 1.165) is 22.7 Å². The predicted molar refractivity (Wildman–Crippen MR) is 123 cm³/mol. The molecule has 2 N–H and O–H groups in total. The number of hydrogen-bond donors (Lipinski definition) is 2. The van der Waals surface area contributed by atoms with E-state index < -0.39 is 0 Å². The number of anilines is 2. The summed E-state index contributed by atoms with van der Waals surface area (Å²) < 4.78 is 5.20. The molecule has 7 heteroatoms. The first kappa shape index (κ1) is 20.5. The van der Waals surface area contributed by atoms with Gasteiger partial charge in [0.2, 0.25) is 0 Å². The number of methoxy groups -OCH3 is 1. The number of fused-ring (bicyclic) bond motifs is 3. The first-order valence-electron chi connectivity index (χ1n) is 10.8. The zero-order valence-corrected chi connectivity index (χ0v) is 17.9. The van der Waals surface area contributed by atoms with Crippen LogP contribution in [0.25, 0.3) is 0 Å². The summed E-state index contributed by atoms with van der Waals surface area (Å²) in [6.07, 6.45) is 1.78. The fourth-order valence-corrected chi connectivity index (χ4v) is 4.94. The van der Waals surface area contributed by atoms with Gasteiger partial charge in [-0.3, -0.25) is 14.8 Å². The number of amides is 2. The second-order valence-electron chi connectivity index (χ2n) is 8.16. The number of urea groups is 1. The van der Waals surface area contributed by atoms with Crippen molar-refractivity contribution in [3.8, 4) is 5.75 Å². The van der Waals surface area contributed by atoms with E-state index in [1.165, 1.54) is 0 Å². The number of nitrogens with one attached hydrogen (secondary N) is 1. The van der Waals surface area contributed by atoms with Gasteiger partial charge in [-0.1, -0.05) is 24.3 Å². The molecule has 164 valence electrons. The lowest BCUT2D eigenvalue weighted by Crippen LogP contribution is -2.69. The van der Waals surface area contributed by atoms with Crippen LogP contribution in [-0.2, 0) is 6.54 Å². The fraction of sp³-hybridized carbons (Fsp3) is 0.280. The van der Waals surface area contributed by atoms with Crippen LogP contribution in [0.5, 0.6) is 5.75 Å². The Labute approximate surface area is 187 Å². The quantitative estimate of drug-likeness (QED) is 0.648. The minimum atomic E-state index is -0.175. The minimum absolute atomic E-state index is 0.00922. The standard InChI is InChI=1S/C25H26N4O3/c1-32-19-11-9-17(10-12-19)27-25(31)29-15-22-24(20-7-2-3-8-21(20)29)23(16-30)28(22)14-18-6-4-5-13-26-18/h2-13,22-24,30H,14-16H2,1H3,(H,27,31)/t22-,23+,24+/m1/s1. The molecule has 3 atom stereocenters. The molecule has 0 bridgehead atoms. The highest BCUT2D eigenvalue weighted by molar-refractivity contribution is 6.03. The van der Waals surface area contributed by atoms with Crippen molar-refractivity contribution in [2.75, 3.05) is 30.5 Å². The Bertz CT molecular complexity index is 1090. The Hall–Kier alpha value is -3.42. The van der Waals surface area contributed by atoms with Gasteiger partial charge < -0.3 is 15.2 Å². The van der Waals surface area contributed by atoms with Gasteiger partial charge in [-0.05, 0) is 48.0 Å². The number of carbonyl (C=O) groups excluding carboxylic acids is 1. The molecule has 0 spiro atoms. The van der Waals surface area contributed by atoms with Crippen LogP contribution in [0, 0.1) is 0 Å². The lowest BCUT2D eigenvalue weighted by molar-refractivity contribution is -0.0491. The van der Waals surface area contributed by atoms with Crippen LogP contribution >= 0.6 is 0 Å². The Morgan fingerprint density at radius 3 is 2.62 bits per heavy atom. The van der Waals surface area contributed by atoms with Crippen LogP contribution in [0.1, 0.15) is 17.2 Å². The maximum atomic E-state index is 13.3. The highest BCUT2D eigenvalue weighted by Crippen LogP contribution is 2.48. The van der Waals surface area contributed by atoms with Gasteiger partial charge in [0.25, 0.3) is 0 Å². The van der Waals surface area contributed by atoms with Gasteiger partial charge in [-0.15, -0.1) is 0 Å². The van der Waals surface area contributed by atoms with E-state index in [2.05, 4.69) is 21.3 Å². The van der Waals surface area contributed by atoms with Crippen molar-refractivity contribution in [1.29, 1.82) is 0 Å². The van der Waals surface area contributed by atoms with Gasteiger partial charge in [0, 0.05) is 48.7 Å². The van der Waals surface area contributed by atoms with Crippen molar-refractivity contribution >= 4 is 17.4 Å². The van der Waals surface area contributed by atoms with E-state index in [0.29, 0.717) is 18.8 Å². The summed E-state index contributed by atoms with van der Waals surface area (Å²) in [6.45, 7) is 1.26. The average Bonchev–Trinajstić information content (AvgIpc) is 2.83. The van der Waals surface area contributed by atoms with Crippen LogP contribution in [0.2, 0.25) is 0 Å². The number of aliphatic hydroxyl groups excluding tert-OH is 1. The lowest BCUT2D eigenvalue weighted by Gasteiger charge is -2.59. The zero-order valence-electron chi connectivity index (χ0n) is 17.9. The van der Waals surface area contributed by atoms with Gasteiger partial charge in [-0.25, -0.2) is 4.79 Å². The molecule has 2 amide bonds. The molecule has 0 radical (unpaired) electrons. The highest BCUT2D eigenvalue weighted by Gasteiger charge is 2.53. The smallest absolute Gasteiger partial charge is 0.326 e. The molecule has 1 fully saturated rings. The number of pyridine rings is 1. The van der Waals surface area contributed by atoms with Crippen molar-refractivity contribution < 1.29 is 14.6 Å². The van der Waals surface area contributed by atoms with Gasteiger partial charge in [-0.2, -0.15) is 0 Å². The molecule has 5 rings (SSSR count).